The number of nitrogens with one attached hydrogen (secondary N) is 1. The molecule has 0 spiro atoms. The van der Waals surface area contributed by atoms with Gasteiger partial charge in [0.15, 0.2) is 0 Å². The largest absolute Gasteiger partial charge is 0.310 e. The molecule has 0 fully saturated rings. The molecule has 0 saturated heterocycles. The van der Waals surface area contributed by atoms with Gasteiger partial charge in [0.2, 0.25) is 5.91 Å². The van der Waals surface area contributed by atoms with Crippen molar-refractivity contribution >= 4 is 27.7 Å². The minimum absolute atomic E-state index is 0.0506. The molecule has 5 heteroatoms. The van der Waals surface area contributed by atoms with Crippen molar-refractivity contribution in [3.05, 3.63) is 65.1 Å². The van der Waals surface area contributed by atoms with Crippen molar-refractivity contribution in [2.45, 2.75) is 20.8 Å². The Morgan fingerprint density at radius 3 is 2.40 bits per heavy atom. The maximum atomic E-state index is 12.5. The molecule has 3 rings (SSSR count). The van der Waals surface area contributed by atoms with Crippen LogP contribution in [0, 0.1) is 5.41 Å². The van der Waals surface area contributed by atoms with Crippen LogP contribution in [0.2, 0.25) is 0 Å². The topological polar surface area (TPSA) is 46.9 Å². The van der Waals surface area contributed by atoms with Crippen molar-refractivity contribution in [3.63, 3.8) is 0 Å². The predicted octanol–water partition coefficient (Wildman–Crippen LogP) is 5.29. The molecular weight excluding hydrogens is 378 g/mol. The van der Waals surface area contributed by atoms with Crippen molar-refractivity contribution < 1.29 is 4.79 Å². The fourth-order valence-electron chi connectivity index (χ4n) is 2.33. The summed E-state index contributed by atoms with van der Waals surface area (Å²) in [6, 6.07) is 19.6. The summed E-state index contributed by atoms with van der Waals surface area (Å²) in [5.74, 6) is 0.603. The molecule has 1 aromatic heterocycles. The number of hydrogen-bond donors (Lipinski definition) is 1. The van der Waals surface area contributed by atoms with E-state index in [1.807, 2.05) is 81.4 Å². The van der Waals surface area contributed by atoms with E-state index >= 15 is 0 Å². The van der Waals surface area contributed by atoms with Crippen molar-refractivity contribution in [1.29, 1.82) is 0 Å². The van der Waals surface area contributed by atoms with Crippen LogP contribution in [0.5, 0.6) is 0 Å². The molecule has 0 radical (unpaired) electrons. The molecule has 1 heterocycles. The van der Waals surface area contributed by atoms with Gasteiger partial charge >= 0.3 is 0 Å². The molecule has 0 aliphatic heterocycles. The fraction of sp³-hybridized carbons (Fsp3) is 0.200. The lowest BCUT2D eigenvalue weighted by atomic mass is 9.96. The minimum Gasteiger partial charge on any atom is -0.310 e. The first-order valence-electron chi connectivity index (χ1n) is 8.07. The van der Waals surface area contributed by atoms with Gasteiger partial charge in [0.25, 0.3) is 0 Å². The number of para-hydroxylation sites is 1. The zero-order valence-electron chi connectivity index (χ0n) is 14.5. The third-order valence-corrected chi connectivity index (χ3v) is 4.25. The van der Waals surface area contributed by atoms with E-state index in [0.717, 1.165) is 21.4 Å². The smallest absolute Gasteiger partial charge is 0.230 e. The Kier molecular flexibility index (Phi) is 4.77. The van der Waals surface area contributed by atoms with Crippen LogP contribution in [0.4, 0.5) is 5.82 Å². The zero-order valence-corrected chi connectivity index (χ0v) is 16.0. The number of carbonyl (C=O) groups excluding carboxylic acids is 1. The molecule has 2 aromatic carbocycles. The molecule has 3 aromatic rings. The number of anilines is 1. The molecule has 0 atom stereocenters. The van der Waals surface area contributed by atoms with E-state index in [2.05, 4.69) is 21.2 Å². The Hall–Kier alpha value is -2.40. The van der Waals surface area contributed by atoms with E-state index in [9.17, 15) is 4.79 Å². The van der Waals surface area contributed by atoms with E-state index in [0.29, 0.717) is 5.82 Å². The molecule has 1 N–H and O–H groups in total. The van der Waals surface area contributed by atoms with Crippen LogP contribution in [0.15, 0.2) is 65.1 Å². The first kappa shape index (κ1) is 17.4. The third kappa shape index (κ3) is 3.99. The van der Waals surface area contributed by atoms with Crippen LogP contribution < -0.4 is 5.32 Å². The highest BCUT2D eigenvalue weighted by Gasteiger charge is 2.23. The predicted molar refractivity (Wildman–Crippen MR) is 105 cm³/mol. The number of benzene rings is 2. The van der Waals surface area contributed by atoms with Gasteiger partial charge in [0.05, 0.1) is 11.4 Å². The van der Waals surface area contributed by atoms with Gasteiger partial charge in [-0.15, -0.1) is 0 Å². The second-order valence-electron chi connectivity index (χ2n) is 6.88. The van der Waals surface area contributed by atoms with Crippen LogP contribution in [-0.4, -0.2) is 15.7 Å². The average molecular weight is 398 g/mol. The van der Waals surface area contributed by atoms with E-state index in [-0.39, 0.29) is 5.91 Å². The second-order valence-corrected chi connectivity index (χ2v) is 7.79. The highest BCUT2D eigenvalue weighted by atomic mass is 79.9. The maximum Gasteiger partial charge on any atom is 0.230 e. The molecule has 0 saturated carbocycles. The number of hydrogen-bond acceptors (Lipinski definition) is 2. The Morgan fingerprint density at radius 2 is 1.76 bits per heavy atom. The van der Waals surface area contributed by atoms with Gasteiger partial charge in [0.1, 0.15) is 5.82 Å². The van der Waals surface area contributed by atoms with Gasteiger partial charge in [-0.05, 0) is 24.3 Å². The SMILES string of the molecule is CC(C)(C)C(=O)Nc1cc(-c2cccc(Br)c2)nn1-c1ccccc1. The zero-order chi connectivity index (χ0) is 18.0. The molecule has 128 valence electrons. The van der Waals surface area contributed by atoms with Crippen molar-refractivity contribution in [2.75, 3.05) is 5.32 Å². The summed E-state index contributed by atoms with van der Waals surface area (Å²) in [6.07, 6.45) is 0. The molecule has 1 amide bonds. The number of halogens is 1. The van der Waals surface area contributed by atoms with Crippen molar-refractivity contribution in [3.8, 4) is 16.9 Å². The molecule has 4 nitrogen and oxygen atoms in total. The van der Waals surface area contributed by atoms with Gasteiger partial charge in [-0.3, -0.25) is 4.79 Å². The standard InChI is InChI=1S/C20H20BrN3O/c1-20(2,3)19(25)22-18-13-17(14-8-7-9-15(21)12-14)23-24(18)16-10-5-4-6-11-16/h4-13H,1-3H3,(H,22,25). The van der Waals surface area contributed by atoms with Gasteiger partial charge in [0, 0.05) is 21.5 Å². The van der Waals surface area contributed by atoms with Gasteiger partial charge < -0.3 is 5.32 Å². The summed E-state index contributed by atoms with van der Waals surface area (Å²) < 4.78 is 2.75. The second kappa shape index (κ2) is 6.84. The number of rotatable bonds is 3. The summed E-state index contributed by atoms with van der Waals surface area (Å²) >= 11 is 3.49. The minimum atomic E-state index is -0.484. The summed E-state index contributed by atoms with van der Waals surface area (Å²) in [5.41, 5.74) is 2.19. The normalized spacial score (nSPS) is 11.4. The summed E-state index contributed by atoms with van der Waals surface area (Å²) in [6.45, 7) is 5.67. The van der Waals surface area contributed by atoms with Crippen LogP contribution in [-0.2, 0) is 4.79 Å². The first-order chi connectivity index (χ1) is 11.8. The van der Waals surface area contributed by atoms with Crippen molar-refractivity contribution in [2.24, 2.45) is 5.41 Å². The van der Waals surface area contributed by atoms with Crippen LogP contribution >= 0.6 is 15.9 Å². The average Bonchev–Trinajstić information content (AvgIpc) is 2.99. The number of amides is 1. The Balaban J connectivity index is 2.07. The first-order valence-corrected chi connectivity index (χ1v) is 8.87. The Morgan fingerprint density at radius 1 is 1.04 bits per heavy atom. The van der Waals surface area contributed by atoms with Crippen molar-refractivity contribution in [1.82, 2.24) is 9.78 Å². The summed E-state index contributed by atoms with van der Waals surface area (Å²) in [4.78, 5) is 12.5. The van der Waals surface area contributed by atoms with E-state index < -0.39 is 5.41 Å². The monoisotopic (exact) mass is 397 g/mol. The molecule has 0 unspecified atom stereocenters. The lowest BCUT2D eigenvalue weighted by Gasteiger charge is -2.18. The quantitative estimate of drug-likeness (QED) is 0.652. The fourth-order valence-corrected chi connectivity index (χ4v) is 2.73. The number of nitrogens with zero attached hydrogens (tertiary/aromatic N) is 2. The highest BCUT2D eigenvalue weighted by molar-refractivity contribution is 9.10. The Labute approximate surface area is 156 Å². The van der Waals surface area contributed by atoms with Gasteiger partial charge in [-0.25, -0.2) is 4.68 Å². The number of carbonyl (C=O) groups is 1. The molecule has 0 aliphatic rings. The summed E-state index contributed by atoms with van der Waals surface area (Å²) in [5, 5.41) is 7.71. The number of aromatic nitrogens is 2. The highest BCUT2D eigenvalue weighted by Crippen LogP contribution is 2.28. The lowest BCUT2D eigenvalue weighted by Crippen LogP contribution is -2.28. The van der Waals surface area contributed by atoms with Crippen LogP contribution in [0.25, 0.3) is 16.9 Å². The third-order valence-electron chi connectivity index (χ3n) is 3.75. The van der Waals surface area contributed by atoms with Crippen LogP contribution in [0.1, 0.15) is 20.8 Å². The van der Waals surface area contributed by atoms with E-state index in [4.69, 9.17) is 5.10 Å². The maximum absolute atomic E-state index is 12.5. The Bertz CT molecular complexity index is 895. The summed E-state index contributed by atoms with van der Waals surface area (Å²) in [7, 11) is 0. The molecule has 0 aliphatic carbocycles. The van der Waals surface area contributed by atoms with Crippen LogP contribution in [0.3, 0.4) is 0 Å². The van der Waals surface area contributed by atoms with E-state index in [1.54, 1.807) is 4.68 Å². The molecule has 25 heavy (non-hydrogen) atoms. The van der Waals surface area contributed by atoms with Gasteiger partial charge in [-0.1, -0.05) is 67.0 Å². The molecule has 0 bridgehead atoms. The van der Waals surface area contributed by atoms with Gasteiger partial charge in [-0.2, -0.15) is 5.10 Å². The lowest BCUT2D eigenvalue weighted by molar-refractivity contribution is -0.123. The van der Waals surface area contributed by atoms with E-state index in [1.165, 1.54) is 0 Å². The molecular formula is C20H20BrN3O.